The summed E-state index contributed by atoms with van der Waals surface area (Å²) in [6, 6.07) is 17.6. The molecule has 0 radical (unpaired) electrons. The van der Waals surface area contributed by atoms with E-state index in [1.54, 1.807) is 36.4 Å². The van der Waals surface area contributed by atoms with E-state index in [1.165, 1.54) is 6.92 Å². The molecule has 0 aliphatic rings. The number of aromatic nitrogens is 2. The van der Waals surface area contributed by atoms with E-state index >= 15 is 0 Å². The van der Waals surface area contributed by atoms with Gasteiger partial charge in [0.2, 0.25) is 5.91 Å². The van der Waals surface area contributed by atoms with Gasteiger partial charge in [-0.25, -0.2) is 0 Å². The summed E-state index contributed by atoms with van der Waals surface area (Å²) in [5.74, 6) is 0.00357. The Morgan fingerprint density at radius 1 is 0.893 bits per heavy atom. The zero-order valence-electron chi connectivity index (χ0n) is 15.1. The molecule has 3 N–H and O–H groups in total. The Kier molecular flexibility index (Phi) is 6.18. The predicted octanol–water partition coefficient (Wildman–Crippen LogP) is 3.95. The van der Waals surface area contributed by atoms with E-state index in [2.05, 4.69) is 26.1 Å². The van der Waals surface area contributed by atoms with Gasteiger partial charge in [-0.1, -0.05) is 29.8 Å². The van der Waals surface area contributed by atoms with E-state index in [1.807, 2.05) is 24.3 Å². The lowest BCUT2D eigenvalue weighted by Crippen LogP contribution is -2.15. The molecule has 0 unspecified atom stereocenters. The Labute approximate surface area is 167 Å². The molecule has 8 heteroatoms. The van der Waals surface area contributed by atoms with Crippen molar-refractivity contribution in [3.05, 3.63) is 76.9 Å². The number of benzene rings is 2. The Bertz CT molecular complexity index is 975. The van der Waals surface area contributed by atoms with Gasteiger partial charge < -0.3 is 16.0 Å². The zero-order chi connectivity index (χ0) is 19.9. The lowest BCUT2D eigenvalue weighted by atomic mass is 10.2. The van der Waals surface area contributed by atoms with E-state index in [0.717, 1.165) is 5.56 Å². The van der Waals surface area contributed by atoms with Gasteiger partial charge in [-0.05, 0) is 48.0 Å². The minimum atomic E-state index is -0.377. The number of carbonyl (C=O) groups is 2. The number of hydrogen-bond donors (Lipinski definition) is 3. The van der Waals surface area contributed by atoms with Crippen LogP contribution >= 0.6 is 11.6 Å². The number of carbonyl (C=O) groups excluding carboxylic acids is 2. The first-order valence-corrected chi connectivity index (χ1v) is 8.89. The topological polar surface area (TPSA) is 96.0 Å². The van der Waals surface area contributed by atoms with Crippen molar-refractivity contribution in [3.8, 4) is 0 Å². The van der Waals surface area contributed by atoms with Crippen LogP contribution in [0, 0.1) is 0 Å². The molecule has 28 heavy (non-hydrogen) atoms. The number of rotatable bonds is 6. The number of amides is 2. The zero-order valence-corrected chi connectivity index (χ0v) is 15.8. The molecule has 0 aliphatic heterocycles. The molecular formula is C20H18ClN5O2. The van der Waals surface area contributed by atoms with Crippen molar-refractivity contribution in [3.63, 3.8) is 0 Å². The first-order valence-electron chi connectivity index (χ1n) is 8.51. The molecule has 1 aromatic heterocycles. The smallest absolute Gasteiger partial charge is 0.276 e. The maximum Gasteiger partial charge on any atom is 0.276 e. The minimum absolute atomic E-state index is 0.157. The Morgan fingerprint density at radius 2 is 1.57 bits per heavy atom. The van der Waals surface area contributed by atoms with Gasteiger partial charge in [0.1, 0.15) is 5.82 Å². The second-order valence-electron chi connectivity index (χ2n) is 5.96. The molecule has 3 rings (SSSR count). The van der Waals surface area contributed by atoms with Crippen LogP contribution in [0.4, 0.5) is 17.2 Å². The van der Waals surface area contributed by atoms with Crippen LogP contribution < -0.4 is 16.0 Å². The molecule has 7 nitrogen and oxygen atoms in total. The molecule has 0 fully saturated rings. The Morgan fingerprint density at radius 3 is 2.18 bits per heavy atom. The molecule has 0 spiro atoms. The number of nitrogens with one attached hydrogen (secondary N) is 3. The van der Waals surface area contributed by atoms with Gasteiger partial charge in [0.15, 0.2) is 5.69 Å². The molecule has 2 amide bonds. The normalized spacial score (nSPS) is 10.2. The standard InChI is InChI=1S/C20H18ClN5O2/c1-13(27)23-15-6-8-16(9-7-15)24-20(28)18-10-11-19(26-25-18)22-12-14-4-2-3-5-17(14)21/h2-11H,12H2,1H3,(H,22,26)(H,23,27)(H,24,28). The second-order valence-corrected chi connectivity index (χ2v) is 6.37. The third-order valence-electron chi connectivity index (χ3n) is 3.78. The molecule has 0 bridgehead atoms. The van der Waals surface area contributed by atoms with Crippen LogP contribution in [0.1, 0.15) is 23.0 Å². The Balaban J connectivity index is 1.57. The second kappa shape index (κ2) is 8.96. The van der Waals surface area contributed by atoms with Gasteiger partial charge >= 0.3 is 0 Å². The van der Waals surface area contributed by atoms with E-state index in [-0.39, 0.29) is 17.5 Å². The molecule has 3 aromatic rings. The number of nitrogens with zero attached hydrogens (tertiary/aromatic N) is 2. The van der Waals surface area contributed by atoms with Gasteiger partial charge in [-0.3, -0.25) is 9.59 Å². The fraction of sp³-hybridized carbons (Fsp3) is 0.100. The molecule has 0 aliphatic carbocycles. The molecule has 0 saturated carbocycles. The predicted molar refractivity (Wildman–Crippen MR) is 110 cm³/mol. The highest BCUT2D eigenvalue weighted by atomic mass is 35.5. The lowest BCUT2D eigenvalue weighted by Gasteiger charge is -2.08. The molecule has 2 aromatic carbocycles. The van der Waals surface area contributed by atoms with Gasteiger partial charge in [0, 0.05) is 29.9 Å². The SMILES string of the molecule is CC(=O)Nc1ccc(NC(=O)c2ccc(NCc3ccccc3Cl)nn2)cc1. The summed E-state index contributed by atoms with van der Waals surface area (Å²) in [5, 5.41) is 17.2. The fourth-order valence-corrected chi connectivity index (χ4v) is 2.61. The third-order valence-corrected chi connectivity index (χ3v) is 4.15. The van der Waals surface area contributed by atoms with Crippen molar-refractivity contribution in [2.75, 3.05) is 16.0 Å². The number of halogens is 1. The fourth-order valence-electron chi connectivity index (χ4n) is 2.41. The summed E-state index contributed by atoms with van der Waals surface area (Å²) in [4.78, 5) is 23.3. The molecule has 0 atom stereocenters. The van der Waals surface area contributed by atoms with E-state index < -0.39 is 0 Å². The van der Waals surface area contributed by atoms with Crippen LogP contribution in [0.5, 0.6) is 0 Å². The molecule has 0 saturated heterocycles. The van der Waals surface area contributed by atoms with E-state index in [9.17, 15) is 9.59 Å². The van der Waals surface area contributed by atoms with Crippen LogP contribution in [-0.2, 0) is 11.3 Å². The van der Waals surface area contributed by atoms with Crippen molar-refractivity contribution >= 4 is 40.6 Å². The average Bonchev–Trinajstić information content (AvgIpc) is 2.69. The summed E-state index contributed by atoms with van der Waals surface area (Å²) >= 11 is 6.12. The third kappa shape index (κ3) is 5.28. The van der Waals surface area contributed by atoms with Gasteiger partial charge in [-0.2, -0.15) is 0 Å². The van der Waals surface area contributed by atoms with E-state index in [4.69, 9.17) is 11.6 Å². The summed E-state index contributed by atoms with van der Waals surface area (Å²) < 4.78 is 0. The molecular weight excluding hydrogens is 378 g/mol. The quantitative estimate of drug-likeness (QED) is 0.587. The largest absolute Gasteiger partial charge is 0.364 e. The maximum atomic E-state index is 12.3. The van der Waals surface area contributed by atoms with Crippen LogP contribution in [0.3, 0.4) is 0 Å². The first-order chi connectivity index (χ1) is 13.5. The van der Waals surface area contributed by atoms with Crippen LogP contribution in [0.25, 0.3) is 0 Å². The van der Waals surface area contributed by atoms with Crippen molar-refractivity contribution < 1.29 is 9.59 Å². The van der Waals surface area contributed by atoms with Crippen molar-refractivity contribution in [1.82, 2.24) is 10.2 Å². The van der Waals surface area contributed by atoms with Gasteiger partial charge in [0.25, 0.3) is 5.91 Å². The van der Waals surface area contributed by atoms with E-state index in [0.29, 0.717) is 28.8 Å². The van der Waals surface area contributed by atoms with Gasteiger partial charge in [-0.15, -0.1) is 10.2 Å². The van der Waals surface area contributed by atoms with Crippen molar-refractivity contribution in [2.45, 2.75) is 13.5 Å². The summed E-state index contributed by atoms with van der Waals surface area (Å²) in [6.07, 6.45) is 0. The monoisotopic (exact) mass is 395 g/mol. The highest BCUT2D eigenvalue weighted by Crippen LogP contribution is 2.17. The maximum absolute atomic E-state index is 12.3. The molecule has 142 valence electrons. The van der Waals surface area contributed by atoms with Crippen LogP contribution in [0.2, 0.25) is 5.02 Å². The van der Waals surface area contributed by atoms with Crippen LogP contribution in [0.15, 0.2) is 60.7 Å². The highest BCUT2D eigenvalue weighted by molar-refractivity contribution is 6.31. The highest BCUT2D eigenvalue weighted by Gasteiger charge is 2.09. The van der Waals surface area contributed by atoms with Gasteiger partial charge in [0.05, 0.1) is 0 Å². The molecule has 1 heterocycles. The Hall–Kier alpha value is -3.45. The van der Waals surface area contributed by atoms with Crippen LogP contribution in [-0.4, -0.2) is 22.0 Å². The minimum Gasteiger partial charge on any atom is -0.364 e. The average molecular weight is 396 g/mol. The summed E-state index contributed by atoms with van der Waals surface area (Å²) in [6.45, 7) is 1.93. The number of hydrogen-bond acceptors (Lipinski definition) is 5. The van der Waals surface area contributed by atoms with Crippen molar-refractivity contribution in [1.29, 1.82) is 0 Å². The first kappa shape index (κ1) is 19.3. The van der Waals surface area contributed by atoms with Crippen molar-refractivity contribution in [2.24, 2.45) is 0 Å². The summed E-state index contributed by atoms with van der Waals surface area (Å²) in [7, 11) is 0. The summed E-state index contributed by atoms with van der Waals surface area (Å²) in [5.41, 5.74) is 2.37. The lowest BCUT2D eigenvalue weighted by molar-refractivity contribution is -0.114. The number of anilines is 3.